The van der Waals surface area contributed by atoms with E-state index in [9.17, 15) is 9.18 Å². The van der Waals surface area contributed by atoms with E-state index in [0.29, 0.717) is 0 Å². The number of benzene rings is 2. The van der Waals surface area contributed by atoms with E-state index < -0.39 is 0 Å². The second-order valence-electron chi connectivity index (χ2n) is 7.00. The lowest BCUT2D eigenvalue weighted by Gasteiger charge is -2.34. The van der Waals surface area contributed by atoms with E-state index in [2.05, 4.69) is 34.3 Å². The van der Waals surface area contributed by atoms with Crippen molar-refractivity contribution in [2.24, 2.45) is 0 Å². The Hall–Kier alpha value is -2.66. The molecule has 1 saturated heterocycles. The molecule has 0 aromatic heterocycles. The summed E-state index contributed by atoms with van der Waals surface area (Å²) < 4.78 is 12.9. The first-order valence-electron chi connectivity index (χ1n) is 9.29. The molecule has 0 spiro atoms. The zero-order valence-corrected chi connectivity index (χ0v) is 15.9. The van der Waals surface area contributed by atoms with Crippen LogP contribution in [0.25, 0.3) is 6.08 Å². The maximum absolute atomic E-state index is 12.9. The first kappa shape index (κ1) is 19.1. The number of likely N-dealkylation sites (N-methyl/N-ethyl adjacent to an activating group) is 1. The molecule has 4 nitrogen and oxygen atoms in total. The Kier molecular flexibility index (Phi) is 6.24. The Labute approximate surface area is 160 Å². The molecule has 0 bridgehead atoms. The first-order chi connectivity index (χ1) is 13.0. The molecule has 1 heterocycles. The molecule has 1 aliphatic rings. The molecule has 2 aromatic rings. The quantitative estimate of drug-likeness (QED) is 0.822. The van der Waals surface area contributed by atoms with E-state index in [-0.39, 0.29) is 17.8 Å². The van der Waals surface area contributed by atoms with Gasteiger partial charge in [0.05, 0.1) is 6.04 Å². The molecule has 1 N–H and O–H groups in total. The minimum Gasteiger partial charge on any atom is -0.369 e. The maximum atomic E-state index is 12.9. The predicted molar refractivity (Wildman–Crippen MR) is 108 cm³/mol. The van der Waals surface area contributed by atoms with Crippen LogP contribution in [-0.2, 0) is 4.79 Å². The highest BCUT2D eigenvalue weighted by molar-refractivity contribution is 5.92. The average molecular weight is 367 g/mol. The summed E-state index contributed by atoms with van der Waals surface area (Å²) in [5, 5.41) is 2.99. The van der Waals surface area contributed by atoms with Gasteiger partial charge in [0, 0.05) is 37.9 Å². The Morgan fingerprint density at radius 1 is 1.11 bits per heavy atom. The van der Waals surface area contributed by atoms with Crippen LogP contribution in [0.4, 0.5) is 10.1 Å². The average Bonchev–Trinajstić information content (AvgIpc) is 2.68. The van der Waals surface area contributed by atoms with Crippen molar-refractivity contribution < 1.29 is 9.18 Å². The lowest BCUT2D eigenvalue weighted by Crippen LogP contribution is -2.44. The van der Waals surface area contributed by atoms with E-state index in [1.807, 2.05) is 19.1 Å². The summed E-state index contributed by atoms with van der Waals surface area (Å²) >= 11 is 0. The van der Waals surface area contributed by atoms with Crippen molar-refractivity contribution in [3.8, 4) is 0 Å². The first-order valence-corrected chi connectivity index (χ1v) is 9.29. The highest BCUT2D eigenvalue weighted by Gasteiger charge is 2.15. The molecule has 0 aliphatic carbocycles. The van der Waals surface area contributed by atoms with E-state index >= 15 is 0 Å². The van der Waals surface area contributed by atoms with Crippen LogP contribution in [0.15, 0.2) is 54.6 Å². The summed E-state index contributed by atoms with van der Waals surface area (Å²) in [7, 11) is 2.14. The van der Waals surface area contributed by atoms with Gasteiger partial charge >= 0.3 is 0 Å². The molecule has 0 unspecified atom stereocenters. The van der Waals surface area contributed by atoms with Crippen LogP contribution in [0.5, 0.6) is 0 Å². The van der Waals surface area contributed by atoms with Gasteiger partial charge in [-0.15, -0.1) is 0 Å². The summed E-state index contributed by atoms with van der Waals surface area (Å²) in [6, 6.07) is 14.3. The van der Waals surface area contributed by atoms with Gasteiger partial charge in [0.1, 0.15) is 5.82 Å². The van der Waals surface area contributed by atoms with Gasteiger partial charge in [-0.2, -0.15) is 0 Å². The third kappa shape index (κ3) is 5.41. The summed E-state index contributed by atoms with van der Waals surface area (Å²) in [6.45, 7) is 6.13. The highest BCUT2D eigenvalue weighted by Crippen LogP contribution is 2.21. The topological polar surface area (TPSA) is 35.6 Å². The number of piperazine rings is 1. The van der Waals surface area contributed by atoms with Crippen LogP contribution in [0, 0.1) is 5.82 Å². The number of anilines is 1. The van der Waals surface area contributed by atoms with Gasteiger partial charge in [-0.1, -0.05) is 24.3 Å². The van der Waals surface area contributed by atoms with Crippen molar-refractivity contribution in [3.63, 3.8) is 0 Å². The molecule has 0 radical (unpaired) electrons. The Morgan fingerprint density at radius 2 is 1.81 bits per heavy atom. The minimum atomic E-state index is -0.287. The number of rotatable bonds is 5. The van der Waals surface area contributed by atoms with Crippen molar-refractivity contribution in [3.05, 3.63) is 71.6 Å². The van der Waals surface area contributed by atoms with Crippen LogP contribution in [0.2, 0.25) is 0 Å². The van der Waals surface area contributed by atoms with Crippen molar-refractivity contribution in [1.29, 1.82) is 0 Å². The van der Waals surface area contributed by atoms with Crippen LogP contribution < -0.4 is 10.2 Å². The number of nitrogens with one attached hydrogen (secondary N) is 1. The number of hydrogen-bond acceptors (Lipinski definition) is 3. The van der Waals surface area contributed by atoms with Gasteiger partial charge in [0.2, 0.25) is 5.91 Å². The zero-order valence-electron chi connectivity index (χ0n) is 15.9. The number of carbonyl (C=O) groups is 1. The number of halogens is 1. The lowest BCUT2D eigenvalue weighted by molar-refractivity contribution is -0.117. The number of nitrogens with zero attached hydrogens (tertiary/aromatic N) is 2. The van der Waals surface area contributed by atoms with Gasteiger partial charge in [-0.25, -0.2) is 4.39 Å². The number of hydrogen-bond donors (Lipinski definition) is 1. The second-order valence-corrected chi connectivity index (χ2v) is 7.00. The normalized spacial score (nSPS) is 16.5. The smallest absolute Gasteiger partial charge is 0.244 e. The Morgan fingerprint density at radius 3 is 2.52 bits per heavy atom. The van der Waals surface area contributed by atoms with E-state index in [1.165, 1.54) is 23.9 Å². The molecule has 142 valence electrons. The molecular formula is C22H26FN3O. The summed E-state index contributed by atoms with van der Waals surface area (Å²) in [4.78, 5) is 16.9. The van der Waals surface area contributed by atoms with Gasteiger partial charge in [-0.05, 0) is 55.4 Å². The van der Waals surface area contributed by atoms with E-state index in [1.54, 1.807) is 18.2 Å². The van der Waals surface area contributed by atoms with Gasteiger partial charge in [0.15, 0.2) is 0 Å². The van der Waals surface area contributed by atoms with Crippen LogP contribution in [0.3, 0.4) is 0 Å². The summed E-state index contributed by atoms with van der Waals surface area (Å²) in [6.07, 6.45) is 3.16. The van der Waals surface area contributed by atoms with Gasteiger partial charge in [-0.3, -0.25) is 4.79 Å². The monoisotopic (exact) mass is 367 g/mol. The Balaban J connectivity index is 1.60. The summed E-state index contributed by atoms with van der Waals surface area (Å²) in [5.41, 5.74) is 3.06. The fourth-order valence-electron chi connectivity index (χ4n) is 3.15. The van der Waals surface area contributed by atoms with Gasteiger partial charge < -0.3 is 15.1 Å². The SMILES string of the molecule is C[C@H](NC(=O)C=Cc1ccc(F)cc1)c1cccc(N2CCN(C)CC2)c1. The van der Waals surface area contributed by atoms with Crippen molar-refractivity contribution in [2.45, 2.75) is 13.0 Å². The standard InChI is InChI=1S/C22H26FN3O/c1-17(24-22(27)11-8-18-6-9-20(23)10-7-18)19-4-3-5-21(16-19)26-14-12-25(2)13-15-26/h3-11,16-17H,12-15H2,1-2H3,(H,24,27)/t17-/m0/s1. The number of carbonyl (C=O) groups excluding carboxylic acids is 1. The van der Waals surface area contributed by atoms with Crippen molar-refractivity contribution in [1.82, 2.24) is 10.2 Å². The molecule has 27 heavy (non-hydrogen) atoms. The Bertz CT molecular complexity index is 795. The molecule has 3 rings (SSSR count). The van der Waals surface area contributed by atoms with Gasteiger partial charge in [0.25, 0.3) is 0 Å². The van der Waals surface area contributed by atoms with Crippen LogP contribution >= 0.6 is 0 Å². The fraction of sp³-hybridized carbons (Fsp3) is 0.318. The summed E-state index contributed by atoms with van der Waals surface area (Å²) in [5.74, 6) is -0.456. The minimum absolute atomic E-state index is 0.0946. The fourth-order valence-corrected chi connectivity index (χ4v) is 3.15. The largest absolute Gasteiger partial charge is 0.369 e. The molecule has 1 aliphatic heterocycles. The molecule has 1 fully saturated rings. The van der Waals surface area contributed by atoms with Crippen molar-refractivity contribution in [2.75, 3.05) is 38.1 Å². The lowest BCUT2D eigenvalue weighted by atomic mass is 10.1. The zero-order chi connectivity index (χ0) is 19.2. The molecule has 2 aromatic carbocycles. The third-order valence-electron chi connectivity index (χ3n) is 4.89. The predicted octanol–water partition coefficient (Wildman–Crippen LogP) is 3.47. The maximum Gasteiger partial charge on any atom is 0.244 e. The molecule has 1 atom stereocenters. The molecule has 0 saturated carbocycles. The third-order valence-corrected chi connectivity index (χ3v) is 4.89. The van der Waals surface area contributed by atoms with E-state index in [0.717, 1.165) is 37.3 Å². The highest BCUT2D eigenvalue weighted by atomic mass is 19.1. The number of amides is 1. The van der Waals surface area contributed by atoms with Crippen LogP contribution in [-0.4, -0.2) is 44.0 Å². The molecule has 5 heteroatoms. The second kappa shape index (κ2) is 8.82. The van der Waals surface area contributed by atoms with E-state index in [4.69, 9.17) is 0 Å². The molecular weight excluding hydrogens is 341 g/mol. The van der Waals surface area contributed by atoms with Crippen LogP contribution in [0.1, 0.15) is 24.1 Å². The van der Waals surface area contributed by atoms with Crippen molar-refractivity contribution >= 4 is 17.7 Å². The molecule has 1 amide bonds.